The Hall–Kier alpha value is -2.26. The van der Waals surface area contributed by atoms with Gasteiger partial charge in [0.1, 0.15) is 5.82 Å². The number of carbonyl (C=O) groups is 1. The summed E-state index contributed by atoms with van der Waals surface area (Å²) in [6.07, 6.45) is 1.48. The Bertz CT molecular complexity index is 991. The maximum absolute atomic E-state index is 13.0. The molecule has 1 N–H and O–H groups in total. The lowest BCUT2D eigenvalue weighted by atomic mass is 9.80. The zero-order valence-electron chi connectivity index (χ0n) is 16.8. The van der Waals surface area contributed by atoms with Crippen molar-refractivity contribution >= 4 is 15.9 Å². The van der Waals surface area contributed by atoms with Crippen LogP contribution in [-0.4, -0.2) is 70.6 Å². The van der Waals surface area contributed by atoms with E-state index < -0.39 is 15.4 Å². The molecule has 2 aliphatic rings. The maximum atomic E-state index is 13.0. The first kappa shape index (κ1) is 20.0. The van der Waals surface area contributed by atoms with Crippen molar-refractivity contribution in [1.29, 1.82) is 0 Å². The molecule has 3 heterocycles. The first-order chi connectivity index (χ1) is 13.9. The minimum absolute atomic E-state index is 0.0261. The van der Waals surface area contributed by atoms with Crippen LogP contribution in [0.5, 0.6) is 0 Å². The fourth-order valence-corrected chi connectivity index (χ4v) is 6.23. The van der Waals surface area contributed by atoms with Crippen LogP contribution in [0.4, 0.5) is 0 Å². The van der Waals surface area contributed by atoms with Gasteiger partial charge in [0.05, 0.1) is 11.2 Å². The largest absolute Gasteiger partial charge is 0.337 e. The summed E-state index contributed by atoms with van der Waals surface area (Å²) in [5.74, 6) is 1.39. The van der Waals surface area contributed by atoms with Gasteiger partial charge in [0.25, 0.3) is 5.91 Å². The molecule has 2 atom stereocenters. The molecule has 0 radical (unpaired) electrons. The quantitative estimate of drug-likeness (QED) is 0.769. The minimum Gasteiger partial charge on any atom is -0.337 e. The third kappa shape index (κ3) is 3.57. The second-order valence-electron chi connectivity index (χ2n) is 8.11. The number of benzene rings is 1. The number of nitrogens with one attached hydrogen (secondary N) is 1. The summed E-state index contributed by atoms with van der Waals surface area (Å²) >= 11 is 0. The van der Waals surface area contributed by atoms with Gasteiger partial charge in [-0.1, -0.05) is 31.5 Å². The van der Waals surface area contributed by atoms with E-state index in [4.69, 9.17) is 0 Å². The van der Waals surface area contributed by atoms with E-state index in [9.17, 15) is 13.2 Å². The Morgan fingerprint density at radius 3 is 2.66 bits per heavy atom. The summed E-state index contributed by atoms with van der Waals surface area (Å²) in [4.78, 5) is 19.4. The number of H-pyrrole nitrogens is 1. The van der Waals surface area contributed by atoms with Gasteiger partial charge in [0.15, 0.2) is 5.82 Å². The van der Waals surface area contributed by atoms with E-state index in [0.29, 0.717) is 49.8 Å². The molecule has 2 fully saturated rings. The van der Waals surface area contributed by atoms with Crippen LogP contribution in [0, 0.1) is 12.8 Å². The van der Waals surface area contributed by atoms with Crippen LogP contribution in [0.3, 0.4) is 0 Å². The molecule has 0 bridgehead atoms. The van der Waals surface area contributed by atoms with Crippen LogP contribution in [-0.2, 0) is 15.4 Å². The van der Waals surface area contributed by atoms with Crippen molar-refractivity contribution in [2.45, 2.75) is 32.1 Å². The van der Waals surface area contributed by atoms with Crippen LogP contribution in [0.1, 0.15) is 41.8 Å². The molecule has 1 aromatic heterocycles. The van der Waals surface area contributed by atoms with Crippen LogP contribution in [0.15, 0.2) is 30.3 Å². The molecule has 9 heteroatoms. The van der Waals surface area contributed by atoms with Gasteiger partial charge >= 0.3 is 0 Å². The van der Waals surface area contributed by atoms with Gasteiger partial charge in [-0.2, -0.15) is 5.10 Å². The first-order valence-corrected chi connectivity index (χ1v) is 11.7. The molecule has 0 aliphatic carbocycles. The smallest absolute Gasteiger partial charge is 0.253 e. The molecule has 0 spiro atoms. The summed E-state index contributed by atoms with van der Waals surface area (Å²) in [7, 11) is -3.33. The van der Waals surface area contributed by atoms with Crippen molar-refractivity contribution in [3.8, 4) is 0 Å². The highest BCUT2D eigenvalue weighted by atomic mass is 32.2. The number of aromatic amines is 1. The average molecular weight is 418 g/mol. The summed E-state index contributed by atoms with van der Waals surface area (Å²) < 4.78 is 27.3. The van der Waals surface area contributed by atoms with E-state index in [1.807, 2.05) is 49.1 Å². The van der Waals surface area contributed by atoms with Gasteiger partial charge in [-0.05, 0) is 25.5 Å². The lowest BCUT2D eigenvalue weighted by Crippen LogP contribution is -2.42. The number of hydrogen-bond donors (Lipinski definition) is 1. The highest BCUT2D eigenvalue weighted by Crippen LogP contribution is 2.45. The molecule has 2 aliphatic heterocycles. The topological polar surface area (TPSA) is 99.3 Å². The van der Waals surface area contributed by atoms with Crippen molar-refractivity contribution in [3.63, 3.8) is 0 Å². The molecule has 2 aromatic rings. The summed E-state index contributed by atoms with van der Waals surface area (Å²) in [5.41, 5.74) is 0.0651. The first-order valence-electron chi connectivity index (χ1n) is 10.1. The predicted octanol–water partition coefficient (Wildman–Crippen LogP) is 1.57. The van der Waals surface area contributed by atoms with E-state index in [0.717, 1.165) is 6.42 Å². The fraction of sp³-hybridized carbons (Fsp3) is 0.550. The van der Waals surface area contributed by atoms with Crippen molar-refractivity contribution in [3.05, 3.63) is 47.5 Å². The van der Waals surface area contributed by atoms with Crippen molar-refractivity contribution in [1.82, 2.24) is 24.4 Å². The summed E-state index contributed by atoms with van der Waals surface area (Å²) in [5, 5.41) is 7.26. The third-order valence-corrected chi connectivity index (χ3v) is 7.95. The molecule has 0 unspecified atom stereocenters. The monoisotopic (exact) mass is 417 g/mol. The molecule has 0 saturated carbocycles. The van der Waals surface area contributed by atoms with Crippen molar-refractivity contribution in [2.75, 3.05) is 31.9 Å². The average Bonchev–Trinajstić information content (AvgIpc) is 3.39. The van der Waals surface area contributed by atoms with E-state index in [2.05, 4.69) is 15.2 Å². The van der Waals surface area contributed by atoms with Gasteiger partial charge in [-0.25, -0.2) is 17.7 Å². The van der Waals surface area contributed by atoms with Crippen molar-refractivity contribution < 1.29 is 13.2 Å². The number of nitrogens with zero attached hydrogens (tertiary/aromatic N) is 4. The van der Waals surface area contributed by atoms with Crippen LogP contribution in [0.2, 0.25) is 0 Å². The summed E-state index contributed by atoms with van der Waals surface area (Å²) in [6, 6.07) is 9.19. The SMILES string of the molecule is CCCCS(=O)(=O)N1C[C@@H]2CN(C(=O)c3ccccc3)C[C@]2(c2n[nH]c(C)n2)C1. The third-order valence-electron chi connectivity index (χ3n) is 6.08. The molecular formula is C20H27N5O3S. The maximum Gasteiger partial charge on any atom is 0.253 e. The highest BCUT2D eigenvalue weighted by molar-refractivity contribution is 7.89. The second-order valence-corrected chi connectivity index (χ2v) is 10.2. The molecule has 156 valence electrons. The lowest BCUT2D eigenvalue weighted by molar-refractivity contribution is 0.0775. The molecule has 1 aromatic carbocycles. The molecular weight excluding hydrogens is 390 g/mol. The van der Waals surface area contributed by atoms with Crippen molar-refractivity contribution in [2.24, 2.45) is 5.92 Å². The number of fused-ring (bicyclic) bond motifs is 1. The number of carbonyl (C=O) groups excluding carboxylic acids is 1. The minimum atomic E-state index is -3.33. The van der Waals surface area contributed by atoms with E-state index >= 15 is 0 Å². The predicted molar refractivity (Wildman–Crippen MR) is 109 cm³/mol. The Morgan fingerprint density at radius 1 is 1.24 bits per heavy atom. The van der Waals surface area contributed by atoms with Crippen LogP contribution in [0.25, 0.3) is 0 Å². The Kier molecular flexibility index (Phi) is 5.20. The van der Waals surface area contributed by atoms with E-state index in [-0.39, 0.29) is 17.6 Å². The lowest BCUT2D eigenvalue weighted by Gasteiger charge is -2.26. The Labute approximate surface area is 171 Å². The fourth-order valence-electron chi connectivity index (χ4n) is 4.49. The van der Waals surface area contributed by atoms with Gasteiger partial charge in [0.2, 0.25) is 10.0 Å². The molecule has 8 nitrogen and oxygen atoms in total. The number of aromatic nitrogens is 3. The zero-order valence-corrected chi connectivity index (χ0v) is 17.7. The normalized spacial score (nSPS) is 24.8. The van der Waals surface area contributed by atoms with Gasteiger partial charge in [0, 0.05) is 37.7 Å². The van der Waals surface area contributed by atoms with Gasteiger partial charge in [-0.15, -0.1) is 0 Å². The van der Waals surface area contributed by atoms with Crippen LogP contribution < -0.4 is 0 Å². The molecule has 29 heavy (non-hydrogen) atoms. The Balaban J connectivity index is 1.63. The number of amides is 1. The second kappa shape index (κ2) is 7.53. The molecule has 1 amide bonds. The standard InChI is InChI=1S/C20H27N5O3S/c1-3-4-10-29(27,28)25-12-17-11-24(18(26)16-8-6-5-7-9-16)13-20(17,14-25)19-21-15(2)22-23-19/h5-9,17H,3-4,10-14H2,1-2H3,(H,21,22,23)/t17-,20-/m0/s1. The molecule has 4 rings (SSSR count). The number of hydrogen-bond acceptors (Lipinski definition) is 5. The number of sulfonamides is 1. The zero-order chi connectivity index (χ0) is 20.6. The Morgan fingerprint density at radius 2 is 2.00 bits per heavy atom. The van der Waals surface area contributed by atoms with E-state index in [1.54, 1.807) is 4.31 Å². The van der Waals surface area contributed by atoms with Gasteiger partial charge < -0.3 is 4.90 Å². The number of likely N-dealkylation sites (tertiary alicyclic amines) is 1. The number of aryl methyl sites for hydroxylation is 1. The van der Waals surface area contributed by atoms with Gasteiger partial charge in [-0.3, -0.25) is 9.89 Å². The van der Waals surface area contributed by atoms with E-state index in [1.165, 1.54) is 0 Å². The number of unbranched alkanes of at least 4 members (excludes halogenated alkanes) is 1. The highest BCUT2D eigenvalue weighted by Gasteiger charge is 2.58. The molecule has 2 saturated heterocycles. The number of rotatable bonds is 6. The van der Waals surface area contributed by atoms with Crippen LogP contribution >= 0.6 is 0 Å². The summed E-state index contributed by atoms with van der Waals surface area (Å²) in [6.45, 7) is 5.45.